The van der Waals surface area contributed by atoms with E-state index in [1.807, 2.05) is 0 Å². The number of piperidine rings is 1. The highest BCUT2D eigenvalue weighted by atomic mass is 16.6. The van der Waals surface area contributed by atoms with Crippen molar-refractivity contribution in [2.75, 3.05) is 60.0 Å². The lowest BCUT2D eigenvalue weighted by Crippen LogP contribution is -2.60. The summed E-state index contributed by atoms with van der Waals surface area (Å²) in [6, 6.07) is 1.05. The van der Waals surface area contributed by atoms with Crippen LogP contribution in [-0.4, -0.2) is 110 Å². The quantitative estimate of drug-likeness (QED) is 0.589. The summed E-state index contributed by atoms with van der Waals surface area (Å²) in [6.07, 6.45) is 3.35. The van der Waals surface area contributed by atoms with Gasteiger partial charge in [-0.25, -0.2) is 4.79 Å². The number of ether oxygens (including phenoxy) is 2. The Morgan fingerprint density at radius 2 is 1.90 bits per heavy atom. The van der Waals surface area contributed by atoms with E-state index in [2.05, 4.69) is 28.5 Å². The first-order valence-electron chi connectivity index (χ1n) is 11.1. The minimum Gasteiger partial charge on any atom is -0.469 e. The zero-order chi connectivity index (χ0) is 21.0. The highest BCUT2D eigenvalue weighted by Crippen LogP contribution is 2.29. The van der Waals surface area contributed by atoms with E-state index in [1.165, 1.54) is 20.0 Å². The molecule has 0 N–H and O–H groups in total. The minimum absolute atomic E-state index is 0.133. The highest BCUT2D eigenvalue weighted by Gasteiger charge is 2.40. The lowest BCUT2D eigenvalue weighted by atomic mass is 9.86. The van der Waals surface area contributed by atoms with E-state index in [9.17, 15) is 9.59 Å². The Hall–Kier alpha value is -1.38. The Morgan fingerprint density at radius 3 is 2.48 bits per heavy atom. The minimum atomic E-state index is -0.225. The maximum absolute atomic E-state index is 11.8. The molecule has 8 nitrogen and oxygen atoms in total. The van der Waals surface area contributed by atoms with Crippen molar-refractivity contribution in [2.45, 2.75) is 57.8 Å². The number of hydrogen-bond acceptors (Lipinski definition) is 7. The molecule has 0 bridgehead atoms. The fourth-order valence-corrected chi connectivity index (χ4v) is 4.95. The Kier molecular flexibility index (Phi) is 7.76. The number of likely N-dealkylation sites (tertiary alicyclic amines) is 1. The van der Waals surface area contributed by atoms with Crippen LogP contribution < -0.4 is 0 Å². The summed E-state index contributed by atoms with van der Waals surface area (Å²) < 4.78 is 10.4. The first kappa shape index (κ1) is 22.3. The molecule has 3 aliphatic heterocycles. The van der Waals surface area contributed by atoms with Crippen molar-refractivity contribution in [2.24, 2.45) is 5.92 Å². The molecule has 3 aliphatic rings. The second-order valence-corrected chi connectivity index (χ2v) is 8.96. The number of hydrogen-bond donors (Lipinski definition) is 0. The van der Waals surface area contributed by atoms with Gasteiger partial charge in [0.15, 0.2) is 6.23 Å². The number of rotatable bonds is 7. The SMILES string of the molecule is COC(=O)CCCN1CCN(C2CN(C)C(=O)O2)CC1C1CCN(C(C)C)CC1. The average molecular weight is 411 g/mol. The summed E-state index contributed by atoms with van der Waals surface area (Å²) >= 11 is 0. The van der Waals surface area contributed by atoms with Crippen LogP contribution in [0.1, 0.15) is 39.5 Å². The summed E-state index contributed by atoms with van der Waals surface area (Å²) in [4.78, 5) is 32.5. The van der Waals surface area contributed by atoms with Crippen molar-refractivity contribution < 1.29 is 19.1 Å². The van der Waals surface area contributed by atoms with Crippen molar-refractivity contribution in [1.82, 2.24) is 19.6 Å². The molecule has 2 atom stereocenters. The van der Waals surface area contributed by atoms with Crippen molar-refractivity contribution in [3.63, 3.8) is 0 Å². The fourth-order valence-electron chi connectivity index (χ4n) is 4.95. The topological polar surface area (TPSA) is 65.6 Å². The molecule has 3 heterocycles. The van der Waals surface area contributed by atoms with E-state index in [0.717, 1.165) is 45.7 Å². The number of carbonyl (C=O) groups is 2. The van der Waals surface area contributed by atoms with Gasteiger partial charge in [0, 0.05) is 45.2 Å². The summed E-state index contributed by atoms with van der Waals surface area (Å²) in [7, 11) is 3.25. The Labute approximate surface area is 175 Å². The number of amides is 1. The monoisotopic (exact) mass is 410 g/mol. The molecule has 3 rings (SSSR count). The maximum Gasteiger partial charge on any atom is 0.411 e. The molecule has 8 heteroatoms. The van der Waals surface area contributed by atoms with E-state index in [-0.39, 0.29) is 18.3 Å². The zero-order valence-corrected chi connectivity index (χ0v) is 18.5. The third-order valence-electron chi connectivity index (χ3n) is 6.85. The Morgan fingerprint density at radius 1 is 1.17 bits per heavy atom. The molecule has 0 spiro atoms. The van der Waals surface area contributed by atoms with Gasteiger partial charge >= 0.3 is 12.1 Å². The molecule has 2 unspecified atom stereocenters. The zero-order valence-electron chi connectivity index (χ0n) is 18.5. The van der Waals surface area contributed by atoms with Crippen molar-refractivity contribution >= 4 is 12.1 Å². The van der Waals surface area contributed by atoms with Crippen LogP contribution >= 0.6 is 0 Å². The van der Waals surface area contributed by atoms with Gasteiger partial charge in [-0.1, -0.05) is 0 Å². The van der Waals surface area contributed by atoms with Crippen LogP contribution in [0.15, 0.2) is 0 Å². The van der Waals surface area contributed by atoms with Crippen LogP contribution in [0.3, 0.4) is 0 Å². The van der Waals surface area contributed by atoms with E-state index in [4.69, 9.17) is 9.47 Å². The van der Waals surface area contributed by atoms with E-state index in [0.29, 0.717) is 31.0 Å². The fraction of sp³-hybridized carbons (Fsp3) is 0.905. The second-order valence-electron chi connectivity index (χ2n) is 8.96. The molecule has 0 aromatic heterocycles. The predicted octanol–water partition coefficient (Wildman–Crippen LogP) is 1.45. The second kappa shape index (κ2) is 10.1. The molecule has 0 aromatic carbocycles. The summed E-state index contributed by atoms with van der Waals surface area (Å²) in [6.45, 7) is 11.2. The van der Waals surface area contributed by atoms with Crippen molar-refractivity contribution in [1.29, 1.82) is 0 Å². The van der Waals surface area contributed by atoms with Crippen LogP contribution in [0, 0.1) is 5.92 Å². The Balaban J connectivity index is 1.62. The van der Waals surface area contributed by atoms with E-state index >= 15 is 0 Å². The molecule has 1 amide bonds. The third kappa shape index (κ3) is 5.61. The molecule has 166 valence electrons. The van der Waals surface area contributed by atoms with Gasteiger partial charge in [-0.3, -0.25) is 14.6 Å². The molecule has 0 aromatic rings. The number of esters is 1. The molecular formula is C21H38N4O4. The molecule has 3 fully saturated rings. The highest BCUT2D eigenvalue weighted by molar-refractivity contribution is 5.69. The van der Waals surface area contributed by atoms with Gasteiger partial charge in [0.2, 0.25) is 0 Å². The van der Waals surface area contributed by atoms with Gasteiger partial charge in [0.05, 0.1) is 13.7 Å². The lowest BCUT2D eigenvalue weighted by Gasteiger charge is -2.48. The molecule has 0 saturated carbocycles. The smallest absolute Gasteiger partial charge is 0.411 e. The van der Waals surface area contributed by atoms with Gasteiger partial charge in [0.1, 0.15) is 0 Å². The summed E-state index contributed by atoms with van der Waals surface area (Å²) in [5.74, 6) is 0.507. The van der Waals surface area contributed by atoms with Crippen LogP contribution in [0.4, 0.5) is 4.79 Å². The van der Waals surface area contributed by atoms with Crippen LogP contribution in [0.2, 0.25) is 0 Å². The first-order valence-corrected chi connectivity index (χ1v) is 11.1. The number of cyclic esters (lactones) is 1. The normalized spacial score (nSPS) is 28.2. The summed E-state index contributed by atoms with van der Waals surface area (Å²) in [5.41, 5.74) is 0. The lowest BCUT2D eigenvalue weighted by molar-refractivity contribution is -0.140. The van der Waals surface area contributed by atoms with Crippen molar-refractivity contribution in [3.8, 4) is 0 Å². The number of nitrogens with zero attached hydrogens (tertiary/aromatic N) is 4. The van der Waals surface area contributed by atoms with Crippen LogP contribution in [0.25, 0.3) is 0 Å². The number of piperazine rings is 1. The van der Waals surface area contributed by atoms with E-state index < -0.39 is 0 Å². The summed E-state index contributed by atoms with van der Waals surface area (Å²) in [5, 5.41) is 0. The average Bonchev–Trinajstić information content (AvgIpc) is 3.06. The number of methoxy groups -OCH3 is 1. The number of carbonyl (C=O) groups excluding carboxylic acids is 2. The standard InChI is InChI=1S/C21H38N4O4/c1-16(2)23-10-7-17(8-11-23)18-14-25(19-15-22(3)21(27)29-19)13-12-24(18)9-5-6-20(26)28-4/h16-19H,5-15H2,1-4H3. The number of likely N-dealkylation sites (N-methyl/N-ethyl adjacent to an activating group) is 1. The van der Waals surface area contributed by atoms with Crippen LogP contribution in [-0.2, 0) is 14.3 Å². The molecule has 29 heavy (non-hydrogen) atoms. The van der Waals surface area contributed by atoms with Gasteiger partial charge in [-0.2, -0.15) is 0 Å². The van der Waals surface area contributed by atoms with Gasteiger partial charge in [0.25, 0.3) is 0 Å². The molecular weight excluding hydrogens is 372 g/mol. The predicted molar refractivity (Wildman–Crippen MR) is 111 cm³/mol. The molecule has 3 saturated heterocycles. The van der Waals surface area contributed by atoms with Gasteiger partial charge in [-0.15, -0.1) is 0 Å². The van der Waals surface area contributed by atoms with Crippen molar-refractivity contribution in [3.05, 3.63) is 0 Å². The van der Waals surface area contributed by atoms with E-state index in [1.54, 1.807) is 11.9 Å². The first-order chi connectivity index (χ1) is 13.9. The Bertz CT molecular complexity index is 565. The van der Waals surface area contributed by atoms with Gasteiger partial charge < -0.3 is 19.3 Å². The maximum atomic E-state index is 11.8. The molecule has 0 radical (unpaired) electrons. The largest absolute Gasteiger partial charge is 0.469 e. The van der Waals surface area contributed by atoms with Crippen LogP contribution in [0.5, 0.6) is 0 Å². The third-order valence-corrected chi connectivity index (χ3v) is 6.85. The molecule has 0 aliphatic carbocycles. The van der Waals surface area contributed by atoms with Gasteiger partial charge in [-0.05, 0) is 58.7 Å².